The fourth-order valence-corrected chi connectivity index (χ4v) is 2.97. The second-order valence-electron chi connectivity index (χ2n) is 5.38. The van der Waals surface area contributed by atoms with Gasteiger partial charge in [-0.05, 0) is 31.0 Å². The quantitative estimate of drug-likeness (QED) is 0.932. The summed E-state index contributed by atoms with van der Waals surface area (Å²) in [4.78, 5) is 6.41. The highest BCUT2D eigenvalue weighted by Crippen LogP contribution is 2.33. The van der Waals surface area contributed by atoms with Crippen molar-refractivity contribution in [3.05, 3.63) is 47.8 Å². The molecule has 21 heavy (non-hydrogen) atoms. The third kappa shape index (κ3) is 2.96. The molecule has 0 aliphatic carbocycles. The summed E-state index contributed by atoms with van der Waals surface area (Å²) in [6.07, 6.45) is 1.77. The highest BCUT2D eigenvalue weighted by atomic mass is 19.1. The molecule has 1 aromatic heterocycles. The summed E-state index contributed by atoms with van der Waals surface area (Å²) in [5.41, 5.74) is 0.897. The van der Waals surface area contributed by atoms with E-state index in [2.05, 4.69) is 15.0 Å². The Labute approximate surface area is 123 Å². The van der Waals surface area contributed by atoms with Gasteiger partial charge in [0.1, 0.15) is 18.0 Å². The fraction of sp³-hybridized carbons (Fsp3) is 0.467. The molecule has 2 aromatic rings. The molecule has 5 nitrogen and oxygen atoms in total. The molecule has 2 atom stereocenters. The Hall–Kier alpha value is -1.79. The van der Waals surface area contributed by atoms with Gasteiger partial charge in [0.15, 0.2) is 0 Å². The SMILES string of the molecule is CCn1ncnc1CN1C[C@@H](O)C[C@@H]1c1cccc(F)c1. The van der Waals surface area contributed by atoms with E-state index < -0.39 is 6.10 Å². The Morgan fingerprint density at radius 2 is 2.29 bits per heavy atom. The van der Waals surface area contributed by atoms with Crippen LogP contribution in [-0.2, 0) is 13.1 Å². The number of aromatic nitrogens is 3. The van der Waals surface area contributed by atoms with E-state index in [9.17, 15) is 9.50 Å². The van der Waals surface area contributed by atoms with Gasteiger partial charge in [0, 0.05) is 19.1 Å². The Morgan fingerprint density at radius 3 is 3.05 bits per heavy atom. The largest absolute Gasteiger partial charge is 0.392 e. The summed E-state index contributed by atoms with van der Waals surface area (Å²) in [5.74, 6) is 0.624. The van der Waals surface area contributed by atoms with Gasteiger partial charge in [-0.15, -0.1) is 0 Å². The molecule has 0 amide bonds. The fourth-order valence-electron chi connectivity index (χ4n) is 2.97. The Kier molecular flexibility index (Phi) is 3.98. The van der Waals surface area contributed by atoms with Crippen molar-refractivity contribution in [3.8, 4) is 0 Å². The van der Waals surface area contributed by atoms with E-state index >= 15 is 0 Å². The van der Waals surface area contributed by atoms with E-state index in [1.165, 1.54) is 6.07 Å². The average Bonchev–Trinajstić information content (AvgIpc) is 3.05. The molecule has 1 aliphatic rings. The first kappa shape index (κ1) is 14.2. The third-order valence-electron chi connectivity index (χ3n) is 3.95. The van der Waals surface area contributed by atoms with E-state index in [0.717, 1.165) is 17.9 Å². The first-order chi connectivity index (χ1) is 10.2. The van der Waals surface area contributed by atoms with Crippen molar-refractivity contribution in [2.24, 2.45) is 0 Å². The molecule has 0 unspecified atom stereocenters. The van der Waals surface area contributed by atoms with E-state index in [1.54, 1.807) is 18.5 Å². The number of aryl methyl sites for hydroxylation is 1. The van der Waals surface area contributed by atoms with Gasteiger partial charge in [0.05, 0.1) is 12.6 Å². The van der Waals surface area contributed by atoms with Gasteiger partial charge in [-0.2, -0.15) is 5.10 Å². The third-order valence-corrected chi connectivity index (χ3v) is 3.95. The molecular formula is C15H19FN4O. The molecule has 1 aliphatic heterocycles. The van der Waals surface area contributed by atoms with Crippen LogP contribution in [-0.4, -0.2) is 37.4 Å². The molecule has 1 aromatic carbocycles. The van der Waals surface area contributed by atoms with Gasteiger partial charge in [-0.3, -0.25) is 4.90 Å². The minimum absolute atomic E-state index is 0.0118. The zero-order chi connectivity index (χ0) is 14.8. The van der Waals surface area contributed by atoms with Crippen LogP contribution in [0.1, 0.15) is 30.8 Å². The van der Waals surface area contributed by atoms with Crippen molar-refractivity contribution < 1.29 is 9.50 Å². The molecule has 3 rings (SSSR count). The molecular weight excluding hydrogens is 271 g/mol. The van der Waals surface area contributed by atoms with Gasteiger partial charge >= 0.3 is 0 Å². The van der Waals surface area contributed by atoms with Crippen molar-refractivity contribution in [3.63, 3.8) is 0 Å². The van der Waals surface area contributed by atoms with E-state index in [1.807, 2.05) is 17.7 Å². The molecule has 0 bridgehead atoms. The van der Waals surface area contributed by atoms with Crippen LogP contribution in [0.25, 0.3) is 0 Å². The molecule has 1 N–H and O–H groups in total. The van der Waals surface area contributed by atoms with Crippen LogP contribution in [0.2, 0.25) is 0 Å². The predicted octanol–water partition coefficient (Wildman–Crippen LogP) is 1.74. The number of hydrogen-bond donors (Lipinski definition) is 1. The number of hydrogen-bond acceptors (Lipinski definition) is 4. The lowest BCUT2D eigenvalue weighted by molar-refractivity contribution is 0.170. The van der Waals surface area contributed by atoms with Crippen molar-refractivity contribution >= 4 is 0 Å². The van der Waals surface area contributed by atoms with Gasteiger partial charge < -0.3 is 5.11 Å². The van der Waals surface area contributed by atoms with Crippen molar-refractivity contribution in [1.29, 1.82) is 0 Å². The molecule has 6 heteroatoms. The maximum Gasteiger partial charge on any atom is 0.141 e. The van der Waals surface area contributed by atoms with Crippen LogP contribution in [0, 0.1) is 5.82 Å². The lowest BCUT2D eigenvalue weighted by atomic mass is 10.0. The zero-order valence-corrected chi connectivity index (χ0v) is 12.0. The van der Waals surface area contributed by atoms with Gasteiger partial charge in [0.25, 0.3) is 0 Å². The minimum Gasteiger partial charge on any atom is -0.392 e. The van der Waals surface area contributed by atoms with Crippen LogP contribution in [0.5, 0.6) is 0 Å². The lowest BCUT2D eigenvalue weighted by Crippen LogP contribution is -2.26. The monoisotopic (exact) mass is 290 g/mol. The van der Waals surface area contributed by atoms with Gasteiger partial charge in [0.2, 0.25) is 0 Å². The topological polar surface area (TPSA) is 54.2 Å². The summed E-state index contributed by atoms with van der Waals surface area (Å²) >= 11 is 0. The van der Waals surface area contributed by atoms with Crippen molar-refractivity contribution in [2.45, 2.75) is 38.6 Å². The molecule has 2 heterocycles. The van der Waals surface area contributed by atoms with Crippen LogP contribution in [0.4, 0.5) is 4.39 Å². The van der Waals surface area contributed by atoms with Gasteiger partial charge in [-0.25, -0.2) is 14.1 Å². The number of β-amino-alcohol motifs (C(OH)–C–C–N with tert-alkyl or cyclic N) is 1. The smallest absolute Gasteiger partial charge is 0.141 e. The second kappa shape index (κ2) is 5.91. The van der Waals surface area contributed by atoms with Gasteiger partial charge in [-0.1, -0.05) is 12.1 Å². The van der Waals surface area contributed by atoms with Crippen molar-refractivity contribution in [2.75, 3.05) is 6.54 Å². The summed E-state index contributed by atoms with van der Waals surface area (Å²) in [6, 6.07) is 6.61. The number of halogens is 1. The molecule has 112 valence electrons. The zero-order valence-electron chi connectivity index (χ0n) is 12.0. The van der Waals surface area contributed by atoms with Crippen molar-refractivity contribution in [1.82, 2.24) is 19.7 Å². The molecule has 1 fully saturated rings. The first-order valence-corrected chi connectivity index (χ1v) is 7.21. The number of aliphatic hydroxyl groups excluding tert-OH is 1. The summed E-state index contributed by atoms with van der Waals surface area (Å²) in [7, 11) is 0. The maximum absolute atomic E-state index is 13.4. The Balaban J connectivity index is 1.83. The van der Waals surface area contributed by atoms with Crippen LogP contribution in [0.15, 0.2) is 30.6 Å². The number of rotatable bonds is 4. The second-order valence-corrected chi connectivity index (χ2v) is 5.38. The molecule has 0 radical (unpaired) electrons. The first-order valence-electron chi connectivity index (χ1n) is 7.21. The van der Waals surface area contributed by atoms with Crippen LogP contribution in [0.3, 0.4) is 0 Å². The van der Waals surface area contributed by atoms with E-state index in [0.29, 0.717) is 19.5 Å². The summed E-state index contributed by atoms with van der Waals surface area (Å²) in [6.45, 7) is 3.95. The Morgan fingerprint density at radius 1 is 1.43 bits per heavy atom. The number of benzene rings is 1. The summed E-state index contributed by atoms with van der Waals surface area (Å²) in [5, 5.41) is 14.1. The highest BCUT2D eigenvalue weighted by Gasteiger charge is 2.32. The average molecular weight is 290 g/mol. The normalized spacial score (nSPS) is 22.8. The number of aliphatic hydroxyl groups is 1. The lowest BCUT2D eigenvalue weighted by Gasteiger charge is -2.24. The predicted molar refractivity (Wildman–Crippen MR) is 75.9 cm³/mol. The molecule has 1 saturated heterocycles. The van der Waals surface area contributed by atoms with E-state index in [-0.39, 0.29) is 11.9 Å². The van der Waals surface area contributed by atoms with E-state index in [4.69, 9.17) is 0 Å². The highest BCUT2D eigenvalue weighted by molar-refractivity contribution is 5.22. The Bertz CT molecular complexity index is 615. The number of likely N-dealkylation sites (tertiary alicyclic amines) is 1. The molecule has 0 spiro atoms. The standard InChI is InChI=1S/C15H19FN4O/c1-2-20-15(17-10-18-20)9-19-8-13(21)7-14(19)11-4-3-5-12(16)6-11/h3-6,10,13-14,21H,2,7-9H2,1H3/t13-,14+/m0/s1. The number of nitrogens with zero attached hydrogens (tertiary/aromatic N) is 4. The van der Waals surface area contributed by atoms with Crippen LogP contribution >= 0.6 is 0 Å². The maximum atomic E-state index is 13.4. The minimum atomic E-state index is -0.392. The summed E-state index contributed by atoms with van der Waals surface area (Å²) < 4.78 is 15.3. The molecule has 0 saturated carbocycles. The van der Waals surface area contributed by atoms with Crippen LogP contribution < -0.4 is 0 Å².